The molecule has 0 heterocycles. The summed E-state index contributed by atoms with van der Waals surface area (Å²) in [6.45, 7) is 2.19. The van der Waals surface area contributed by atoms with Crippen LogP contribution in [0.1, 0.15) is 86.5 Å². The second-order valence-electron chi connectivity index (χ2n) is 12.2. The van der Waals surface area contributed by atoms with E-state index < -0.39 is 63.7 Å². The van der Waals surface area contributed by atoms with E-state index in [1.165, 1.54) is 50.0 Å². The predicted molar refractivity (Wildman–Crippen MR) is 167 cm³/mol. The molecular formula is C38H33F9O. The molecule has 0 unspecified atom stereocenters. The van der Waals surface area contributed by atoms with Gasteiger partial charge in [-0.05, 0) is 78.5 Å². The molecule has 1 saturated carbocycles. The normalized spacial score (nSPS) is 16.9. The summed E-state index contributed by atoms with van der Waals surface area (Å²) in [6, 6.07) is 9.83. The van der Waals surface area contributed by atoms with Crippen LogP contribution < -0.4 is 4.74 Å². The third kappa shape index (κ3) is 8.08. The van der Waals surface area contributed by atoms with Crippen LogP contribution in [0.15, 0.2) is 60.7 Å². The Kier molecular flexibility index (Phi) is 10.9. The van der Waals surface area contributed by atoms with Crippen LogP contribution in [0.4, 0.5) is 39.5 Å². The Labute approximate surface area is 273 Å². The summed E-state index contributed by atoms with van der Waals surface area (Å²) in [7, 11) is 0. The minimum Gasteiger partial charge on any atom is -0.429 e. The van der Waals surface area contributed by atoms with E-state index in [1.54, 1.807) is 12.1 Å². The van der Waals surface area contributed by atoms with Gasteiger partial charge < -0.3 is 4.74 Å². The molecule has 1 nitrogen and oxygen atoms in total. The summed E-state index contributed by atoms with van der Waals surface area (Å²) < 4.78 is 133. The van der Waals surface area contributed by atoms with E-state index in [0.29, 0.717) is 29.2 Å². The Bertz CT molecular complexity index is 1750. The van der Waals surface area contributed by atoms with Crippen molar-refractivity contribution in [3.8, 4) is 16.9 Å². The lowest BCUT2D eigenvalue weighted by atomic mass is 9.77. The van der Waals surface area contributed by atoms with E-state index in [0.717, 1.165) is 43.2 Å². The smallest absolute Gasteiger partial charge is 0.429 e. The first kappa shape index (κ1) is 35.1. The summed E-state index contributed by atoms with van der Waals surface area (Å²) in [6.07, 6.45) is 7.48. The fourth-order valence-corrected chi connectivity index (χ4v) is 6.25. The molecule has 0 aromatic heterocycles. The molecule has 0 aliphatic heterocycles. The van der Waals surface area contributed by atoms with Crippen LogP contribution in [0.3, 0.4) is 0 Å². The van der Waals surface area contributed by atoms with Crippen molar-refractivity contribution in [3.63, 3.8) is 0 Å². The SMILES string of the molecule is CCCCCC1CCC(c2ccc(C=Cc3ccc(-c4cc(F)c(C(F)(F)Oc5cc(F)c(F)c(F)c5)c(F)c4)c(F)c3)c(F)c2)CC1. The van der Waals surface area contributed by atoms with Gasteiger partial charge in [0.05, 0.1) is 0 Å². The van der Waals surface area contributed by atoms with E-state index in [-0.39, 0.29) is 17.7 Å². The molecule has 0 N–H and O–H groups in total. The number of unbranched alkanes of at least 4 members (excludes halogenated alkanes) is 2. The van der Waals surface area contributed by atoms with Gasteiger partial charge in [-0.2, -0.15) is 8.78 Å². The van der Waals surface area contributed by atoms with E-state index >= 15 is 8.78 Å². The Morgan fingerprint density at radius 2 is 1.35 bits per heavy atom. The summed E-state index contributed by atoms with van der Waals surface area (Å²) in [5, 5.41) is 0. The molecule has 1 aliphatic carbocycles. The van der Waals surface area contributed by atoms with Gasteiger partial charge in [0.15, 0.2) is 17.5 Å². The number of ether oxygens (including phenoxy) is 1. The molecule has 4 aromatic carbocycles. The van der Waals surface area contributed by atoms with Crippen LogP contribution in [0.5, 0.6) is 5.75 Å². The van der Waals surface area contributed by atoms with Gasteiger partial charge in [0.25, 0.3) is 0 Å². The van der Waals surface area contributed by atoms with Crippen LogP contribution in [-0.4, -0.2) is 0 Å². The van der Waals surface area contributed by atoms with Gasteiger partial charge >= 0.3 is 6.11 Å². The maximum atomic E-state index is 15.1. The molecular weight excluding hydrogens is 643 g/mol. The minimum absolute atomic E-state index is 0.0898. The number of benzene rings is 4. The van der Waals surface area contributed by atoms with Crippen molar-refractivity contribution in [2.45, 2.75) is 70.3 Å². The van der Waals surface area contributed by atoms with E-state index in [4.69, 9.17) is 0 Å². The molecule has 0 saturated heterocycles. The quantitative estimate of drug-likeness (QED) is 0.0665. The number of hydrogen-bond donors (Lipinski definition) is 0. The number of hydrogen-bond acceptors (Lipinski definition) is 1. The standard InChI is InChI=1S/C38H33F9O/c1-2-3-4-5-22-6-10-24(11-7-22)26-14-13-25(30(39)17-26)12-8-23-9-15-29(31(40)16-23)27-18-32(41)36(33(42)19-27)38(46,47)48-28-20-34(43)37(45)35(44)21-28/h8-9,12-22,24H,2-7,10-11H2,1H3. The monoisotopic (exact) mass is 676 g/mol. The van der Waals surface area contributed by atoms with Gasteiger partial charge in [0.2, 0.25) is 0 Å². The Morgan fingerprint density at radius 3 is 1.96 bits per heavy atom. The first-order chi connectivity index (χ1) is 22.9. The summed E-state index contributed by atoms with van der Waals surface area (Å²) >= 11 is 0. The lowest BCUT2D eigenvalue weighted by molar-refractivity contribution is -0.189. The zero-order chi connectivity index (χ0) is 34.6. The highest BCUT2D eigenvalue weighted by Crippen LogP contribution is 2.40. The zero-order valence-electron chi connectivity index (χ0n) is 26.0. The van der Waals surface area contributed by atoms with Gasteiger partial charge in [0, 0.05) is 23.3 Å². The highest BCUT2D eigenvalue weighted by Gasteiger charge is 2.41. The fraction of sp³-hybridized carbons (Fsp3) is 0.316. The molecule has 0 atom stereocenters. The van der Waals surface area contributed by atoms with Gasteiger partial charge in [-0.3, -0.25) is 0 Å². The van der Waals surface area contributed by atoms with Crippen molar-refractivity contribution >= 4 is 12.2 Å². The van der Waals surface area contributed by atoms with Crippen LogP contribution in [0, 0.1) is 46.6 Å². The third-order valence-corrected chi connectivity index (χ3v) is 8.85. The highest BCUT2D eigenvalue weighted by atomic mass is 19.3. The number of alkyl halides is 2. The van der Waals surface area contributed by atoms with Crippen LogP contribution >= 0.6 is 0 Å². The molecule has 254 valence electrons. The summed E-state index contributed by atoms with van der Waals surface area (Å²) in [5.74, 6) is -10.8. The lowest BCUT2D eigenvalue weighted by Crippen LogP contribution is -2.25. The van der Waals surface area contributed by atoms with Gasteiger partial charge in [0.1, 0.15) is 34.6 Å². The van der Waals surface area contributed by atoms with E-state index in [1.807, 2.05) is 6.07 Å². The first-order valence-electron chi connectivity index (χ1n) is 15.8. The Hall–Kier alpha value is -4.21. The summed E-state index contributed by atoms with van der Waals surface area (Å²) in [5.41, 5.74) is -1.09. The van der Waals surface area contributed by atoms with Crippen LogP contribution in [0.25, 0.3) is 23.3 Å². The summed E-state index contributed by atoms with van der Waals surface area (Å²) in [4.78, 5) is 0. The zero-order valence-corrected chi connectivity index (χ0v) is 26.0. The fourth-order valence-electron chi connectivity index (χ4n) is 6.25. The maximum Gasteiger partial charge on any atom is 0.432 e. The molecule has 1 aliphatic rings. The van der Waals surface area contributed by atoms with Crippen molar-refractivity contribution in [3.05, 3.63) is 124 Å². The second kappa shape index (κ2) is 14.9. The Balaban J connectivity index is 1.27. The van der Waals surface area contributed by atoms with Gasteiger partial charge in [-0.25, -0.2) is 30.7 Å². The average Bonchev–Trinajstić information content (AvgIpc) is 3.03. The van der Waals surface area contributed by atoms with E-state index in [2.05, 4.69) is 11.7 Å². The van der Waals surface area contributed by atoms with Crippen molar-refractivity contribution in [2.75, 3.05) is 0 Å². The van der Waals surface area contributed by atoms with Crippen molar-refractivity contribution < 1.29 is 44.3 Å². The van der Waals surface area contributed by atoms with Crippen LogP contribution in [-0.2, 0) is 6.11 Å². The molecule has 10 heteroatoms. The topological polar surface area (TPSA) is 9.23 Å². The molecule has 1 fully saturated rings. The third-order valence-electron chi connectivity index (χ3n) is 8.85. The molecule has 0 amide bonds. The Morgan fingerprint density at radius 1 is 0.688 bits per heavy atom. The largest absolute Gasteiger partial charge is 0.432 e. The van der Waals surface area contributed by atoms with E-state index in [9.17, 15) is 30.7 Å². The number of rotatable bonds is 11. The molecule has 5 rings (SSSR count). The molecule has 48 heavy (non-hydrogen) atoms. The van der Waals surface area contributed by atoms with Gasteiger partial charge in [-0.1, -0.05) is 69.0 Å². The van der Waals surface area contributed by atoms with Crippen molar-refractivity contribution in [2.24, 2.45) is 5.92 Å². The first-order valence-corrected chi connectivity index (χ1v) is 15.8. The van der Waals surface area contributed by atoms with Crippen molar-refractivity contribution in [1.82, 2.24) is 0 Å². The van der Waals surface area contributed by atoms with Gasteiger partial charge in [-0.15, -0.1) is 0 Å². The van der Waals surface area contributed by atoms with Crippen LogP contribution in [0.2, 0.25) is 0 Å². The number of halogens is 9. The maximum absolute atomic E-state index is 15.1. The molecule has 4 aromatic rings. The van der Waals surface area contributed by atoms with Crippen molar-refractivity contribution in [1.29, 1.82) is 0 Å². The highest BCUT2D eigenvalue weighted by molar-refractivity contribution is 5.73. The molecule has 0 spiro atoms. The predicted octanol–water partition coefficient (Wildman–Crippen LogP) is 12.5. The second-order valence-corrected chi connectivity index (χ2v) is 12.2. The molecule has 0 radical (unpaired) electrons. The minimum atomic E-state index is -4.78. The lowest BCUT2D eigenvalue weighted by Gasteiger charge is -2.29. The average molecular weight is 677 g/mol. The molecule has 0 bridgehead atoms.